The van der Waals surface area contributed by atoms with E-state index in [1.165, 1.54) is 18.1 Å². The van der Waals surface area contributed by atoms with Crippen LogP contribution >= 0.6 is 0 Å². The van der Waals surface area contributed by atoms with Crippen LogP contribution in [0.5, 0.6) is 0 Å². The smallest absolute Gasteiger partial charge is 0.328 e. The molecule has 2 heteroatoms. The molecular weight excluding hydrogens is 176 g/mol. The Morgan fingerprint density at radius 2 is 2.14 bits per heavy atom. The zero-order valence-electron chi connectivity index (χ0n) is 8.86. The van der Waals surface area contributed by atoms with Gasteiger partial charge in [0.1, 0.15) is 0 Å². The van der Waals surface area contributed by atoms with Gasteiger partial charge in [-0.2, -0.15) is 0 Å². The molecule has 1 N–H and O–H groups in total. The van der Waals surface area contributed by atoms with Gasteiger partial charge in [0, 0.05) is 6.08 Å². The van der Waals surface area contributed by atoms with Crippen molar-refractivity contribution in [2.45, 2.75) is 33.1 Å². The highest BCUT2D eigenvalue weighted by molar-refractivity contribution is 5.80. The predicted molar refractivity (Wildman–Crippen MR) is 57.0 cm³/mol. The van der Waals surface area contributed by atoms with Crippen LogP contribution in [0.2, 0.25) is 0 Å². The molecule has 2 atom stereocenters. The number of carboxylic acids is 1. The molecule has 0 spiro atoms. The first kappa shape index (κ1) is 11.0. The number of carboxylic acid groups (broad SMARTS) is 1. The van der Waals surface area contributed by atoms with Gasteiger partial charge >= 0.3 is 5.97 Å². The van der Waals surface area contributed by atoms with Gasteiger partial charge in [-0.15, -0.1) is 0 Å². The summed E-state index contributed by atoms with van der Waals surface area (Å²) in [5, 5.41) is 8.42. The molecule has 0 amide bonds. The van der Waals surface area contributed by atoms with Crippen molar-refractivity contribution in [1.82, 2.24) is 0 Å². The molecule has 0 radical (unpaired) electrons. The summed E-state index contributed by atoms with van der Waals surface area (Å²) in [6.45, 7) is 4.55. The summed E-state index contributed by atoms with van der Waals surface area (Å²) in [6, 6.07) is 0. The van der Waals surface area contributed by atoms with Crippen LogP contribution in [0.15, 0.2) is 23.8 Å². The minimum absolute atomic E-state index is 0.730. The zero-order chi connectivity index (χ0) is 10.6. The van der Waals surface area contributed by atoms with Crippen molar-refractivity contribution in [2.24, 2.45) is 11.8 Å². The SMILES string of the molecule is CC1CC/C(=C/C=C/C(=O)O)CC1C. The molecule has 0 heterocycles. The quantitative estimate of drug-likeness (QED) is 0.686. The van der Waals surface area contributed by atoms with Crippen LogP contribution in [0.1, 0.15) is 33.1 Å². The zero-order valence-corrected chi connectivity index (χ0v) is 8.86. The standard InChI is InChI=1S/C12H18O2/c1-9-6-7-11(8-10(9)2)4-3-5-12(13)14/h3-5,9-10H,6-8H2,1-2H3,(H,13,14)/b5-3+,11-4-. The molecule has 1 fully saturated rings. The van der Waals surface area contributed by atoms with Gasteiger partial charge in [0.2, 0.25) is 0 Å². The van der Waals surface area contributed by atoms with Gasteiger partial charge in [-0.05, 0) is 31.1 Å². The summed E-state index contributed by atoms with van der Waals surface area (Å²) < 4.78 is 0. The number of hydrogen-bond acceptors (Lipinski definition) is 1. The molecule has 0 aliphatic heterocycles. The molecule has 1 aliphatic rings. The molecular formula is C12H18O2. The molecule has 2 nitrogen and oxygen atoms in total. The van der Waals surface area contributed by atoms with Crippen LogP contribution in [0.4, 0.5) is 0 Å². The first-order chi connectivity index (χ1) is 6.59. The second-order valence-electron chi connectivity index (χ2n) is 4.22. The number of allylic oxidation sites excluding steroid dienone is 3. The number of carbonyl (C=O) groups is 1. The Kier molecular flexibility index (Phi) is 3.93. The van der Waals surface area contributed by atoms with Gasteiger partial charge in [-0.1, -0.05) is 31.6 Å². The lowest BCUT2D eigenvalue weighted by Gasteiger charge is -2.27. The maximum Gasteiger partial charge on any atom is 0.328 e. The van der Waals surface area contributed by atoms with Gasteiger partial charge < -0.3 is 5.11 Å². The monoisotopic (exact) mass is 194 g/mol. The summed E-state index contributed by atoms with van der Waals surface area (Å²) in [5.74, 6) is 0.655. The molecule has 1 saturated carbocycles. The van der Waals surface area contributed by atoms with E-state index in [2.05, 4.69) is 13.8 Å². The van der Waals surface area contributed by atoms with Crippen LogP contribution in [0.3, 0.4) is 0 Å². The first-order valence-electron chi connectivity index (χ1n) is 5.18. The molecule has 0 saturated heterocycles. The van der Waals surface area contributed by atoms with Crippen molar-refractivity contribution < 1.29 is 9.90 Å². The maximum atomic E-state index is 10.2. The van der Waals surface area contributed by atoms with Crippen molar-refractivity contribution in [3.63, 3.8) is 0 Å². The summed E-state index contributed by atoms with van der Waals surface area (Å²) in [7, 11) is 0. The van der Waals surface area contributed by atoms with E-state index in [0.717, 1.165) is 24.7 Å². The summed E-state index contributed by atoms with van der Waals surface area (Å²) in [4.78, 5) is 10.2. The van der Waals surface area contributed by atoms with Crippen LogP contribution in [0, 0.1) is 11.8 Å². The Bertz CT molecular complexity index is 263. The van der Waals surface area contributed by atoms with Gasteiger partial charge in [0.05, 0.1) is 0 Å². The third kappa shape index (κ3) is 3.36. The number of aliphatic carboxylic acids is 1. The Morgan fingerprint density at radius 3 is 2.71 bits per heavy atom. The molecule has 0 aromatic carbocycles. The highest BCUT2D eigenvalue weighted by atomic mass is 16.4. The van der Waals surface area contributed by atoms with E-state index in [1.54, 1.807) is 6.08 Å². The fourth-order valence-electron chi connectivity index (χ4n) is 1.83. The Hall–Kier alpha value is -1.05. The van der Waals surface area contributed by atoms with E-state index in [-0.39, 0.29) is 0 Å². The third-order valence-electron chi connectivity index (χ3n) is 3.05. The topological polar surface area (TPSA) is 37.3 Å². The summed E-state index contributed by atoms with van der Waals surface area (Å²) in [5.41, 5.74) is 1.38. The molecule has 2 unspecified atom stereocenters. The highest BCUT2D eigenvalue weighted by Gasteiger charge is 2.19. The van der Waals surface area contributed by atoms with Crippen molar-refractivity contribution >= 4 is 5.97 Å². The van der Waals surface area contributed by atoms with E-state index >= 15 is 0 Å². The number of rotatable bonds is 2. The Balaban J connectivity index is 2.50. The first-order valence-corrected chi connectivity index (χ1v) is 5.18. The van der Waals surface area contributed by atoms with E-state index < -0.39 is 5.97 Å². The molecule has 1 aliphatic carbocycles. The molecule has 0 aromatic rings. The second-order valence-corrected chi connectivity index (χ2v) is 4.22. The minimum atomic E-state index is -0.876. The van der Waals surface area contributed by atoms with E-state index in [9.17, 15) is 4.79 Å². The van der Waals surface area contributed by atoms with E-state index in [1.807, 2.05) is 6.08 Å². The summed E-state index contributed by atoms with van der Waals surface area (Å²) in [6.07, 6.45) is 8.25. The van der Waals surface area contributed by atoms with Crippen molar-refractivity contribution in [3.8, 4) is 0 Å². The maximum absolute atomic E-state index is 10.2. The highest BCUT2D eigenvalue weighted by Crippen LogP contribution is 2.32. The fourth-order valence-corrected chi connectivity index (χ4v) is 1.83. The molecule has 1 rings (SSSR count). The largest absolute Gasteiger partial charge is 0.478 e. The molecule has 0 bridgehead atoms. The normalized spacial score (nSPS) is 31.1. The minimum Gasteiger partial charge on any atom is -0.478 e. The van der Waals surface area contributed by atoms with Crippen LogP contribution in [-0.4, -0.2) is 11.1 Å². The third-order valence-corrected chi connectivity index (χ3v) is 3.05. The molecule has 0 aromatic heterocycles. The summed E-state index contributed by atoms with van der Waals surface area (Å²) >= 11 is 0. The van der Waals surface area contributed by atoms with Gasteiger partial charge in [-0.3, -0.25) is 0 Å². The average Bonchev–Trinajstić information content (AvgIpc) is 2.10. The van der Waals surface area contributed by atoms with E-state index in [0.29, 0.717) is 0 Å². The Morgan fingerprint density at radius 1 is 1.43 bits per heavy atom. The van der Waals surface area contributed by atoms with Crippen LogP contribution in [-0.2, 0) is 4.79 Å². The van der Waals surface area contributed by atoms with Crippen molar-refractivity contribution in [1.29, 1.82) is 0 Å². The second kappa shape index (κ2) is 4.99. The number of hydrogen-bond donors (Lipinski definition) is 1. The van der Waals surface area contributed by atoms with Crippen molar-refractivity contribution in [2.75, 3.05) is 0 Å². The molecule has 14 heavy (non-hydrogen) atoms. The Labute approximate surface area is 85.3 Å². The van der Waals surface area contributed by atoms with Crippen molar-refractivity contribution in [3.05, 3.63) is 23.8 Å². The van der Waals surface area contributed by atoms with Crippen LogP contribution in [0.25, 0.3) is 0 Å². The van der Waals surface area contributed by atoms with E-state index in [4.69, 9.17) is 5.11 Å². The van der Waals surface area contributed by atoms with Gasteiger partial charge in [0.25, 0.3) is 0 Å². The fraction of sp³-hybridized carbons (Fsp3) is 0.583. The lowest BCUT2D eigenvalue weighted by Crippen LogP contribution is -2.14. The average molecular weight is 194 g/mol. The van der Waals surface area contributed by atoms with Gasteiger partial charge in [0.15, 0.2) is 0 Å². The predicted octanol–water partition coefficient (Wildman–Crippen LogP) is 3.01. The van der Waals surface area contributed by atoms with Gasteiger partial charge in [-0.25, -0.2) is 4.79 Å². The molecule has 78 valence electrons. The lowest BCUT2D eigenvalue weighted by atomic mass is 9.79. The van der Waals surface area contributed by atoms with Crippen LogP contribution < -0.4 is 0 Å². The lowest BCUT2D eigenvalue weighted by molar-refractivity contribution is -0.131.